The van der Waals surface area contributed by atoms with Gasteiger partial charge in [-0.15, -0.1) is 0 Å². The van der Waals surface area contributed by atoms with E-state index in [4.69, 9.17) is 16.0 Å². The summed E-state index contributed by atoms with van der Waals surface area (Å²) in [5, 5.41) is 20.8. The van der Waals surface area contributed by atoms with Crippen LogP contribution in [0.5, 0.6) is 0 Å². The third-order valence-corrected chi connectivity index (χ3v) is 3.60. The fourth-order valence-corrected chi connectivity index (χ4v) is 2.75. The van der Waals surface area contributed by atoms with E-state index in [2.05, 4.69) is 17.0 Å². The topological polar surface area (TPSA) is 82.1 Å². The molecule has 5 nitrogen and oxygen atoms in total. The van der Waals surface area contributed by atoms with E-state index in [1.807, 2.05) is 0 Å². The highest BCUT2D eigenvalue weighted by atomic mass is 16.4. The van der Waals surface area contributed by atoms with E-state index in [0.717, 1.165) is 0 Å². The average Bonchev–Trinajstić information content (AvgIpc) is 2.36. The Morgan fingerprint density at radius 2 is 2.06 bits per heavy atom. The Morgan fingerprint density at radius 3 is 2.59 bits per heavy atom. The van der Waals surface area contributed by atoms with Gasteiger partial charge in [0.25, 0.3) is 0 Å². The molecular weight excluding hydrogens is 218 g/mol. The van der Waals surface area contributed by atoms with Crippen LogP contribution in [-0.4, -0.2) is 46.3 Å². The number of amidine groups is 1. The second kappa shape index (κ2) is 7.50. The van der Waals surface area contributed by atoms with Gasteiger partial charge in [0, 0.05) is 25.0 Å². The largest absolute Gasteiger partial charge is 0.409 e. The summed E-state index contributed by atoms with van der Waals surface area (Å²) in [5.74, 6) is 0.260. The molecule has 17 heavy (non-hydrogen) atoms. The summed E-state index contributed by atoms with van der Waals surface area (Å²) in [7, 11) is 0. The van der Waals surface area contributed by atoms with Crippen LogP contribution >= 0.6 is 0 Å². The normalized spacial score (nSPS) is 20.8. The van der Waals surface area contributed by atoms with Crippen molar-refractivity contribution in [1.29, 1.82) is 0 Å². The second-order valence-corrected chi connectivity index (χ2v) is 4.90. The van der Waals surface area contributed by atoms with Crippen LogP contribution in [0.4, 0.5) is 0 Å². The third kappa shape index (κ3) is 4.52. The standard InChI is InChI=1S/C12H25N3O2/c1-10(9-12(13)14-17)15(7-8-16)11-5-3-2-4-6-11/h10-11,16-17H,2-9H2,1H3,(H2,13,14). The lowest BCUT2D eigenvalue weighted by atomic mass is 9.93. The number of aliphatic hydroxyl groups excluding tert-OH is 1. The molecule has 1 saturated carbocycles. The quantitative estimate of drug-likeness (QED) is 0.283. The third-order valence-electron chi connectivity index (χ3n) is 3.60. The highest BCUT2D eigenvalue weighted by Crippen LogP contribution is 2.24. The molecule has 5 heteroatoms. The Bertz CT molecular complexity index is 240. The fourth-order valence-electron chi connectivity index (χ4n) is 2.75. The first-order chi connectivity index (χ1) is 8.19. The monoisotopic (exact) mass is 243 g/mol. The first-order valence-electron chi connectivity index (χ1n) is 6.52. The summed E-state index contributed by atoms with van der Waals surface area (Å²) >= 11 is 0. The minimum atomic E-state index is 0.164. The van der Waals surface area contributed by atoms with Gasteiger partial charge < -0.3 is 16.0 Å². The predicted molar refractivity (Wildman–Crippen MR) is 68.2 cm³/mol. The maximum absolute atomic E-state index is 9.15. The van der Waals surface area contributed by atoms with Crippen molar-refractivity contribution in [2.45, 2.75) is 57.5 Å². The van der Waals surface area contributed by atoms with Crippen molar-refractivity contribution in [1.82, 2.24) is 4.90 Å². The van der Waals surface area contributed by atoms with Crippen molar-refractivity contribution >= 4 is 5.84 Å². The zero-order valence-electron chi connectivity index (χ0n) is 10.7. The molecule has 0 aromatic rings. The van der Waals surface area contributed by atoms with Crippen LogP contribution in [0.2, 0.25) is 0 Å². The van der Waals surface area contributed by atoms with Crippen LogP contribution in [0.3, 0.4) is 0 Å². The molecule has 1 fully saturated rings. The van der Waals surface area contributed by atoms with Crippen molar-refractivity contribution < 1.29 is 10.3 Å². The molecular formula is C12H25N3O2. The Kier molecular flexibility index (Phi) is 6.29. The van der Waals surface area contributed by atoms with Gasteiger partial charge in [0.05, 0.1) is 6.61 Å². The second-order valence-electron chi connectivity index (χ2n) is 4.90. The van der Waals surface area contributed by atoms with Gasteiger partial charge >= 0.3 is 0 Å². The minimum absolute atomic E-state index is 0.164. The highest BCUT2D eigenvalue weighted by Gasteiger charge is 2.25. The molecule has 0 radical (unpaired) electrons. The summed E-state index contributed by atoms with van der Waals surface area (Å²) in [4.78, 5) is 2.30. The smallest absolute Gasteiger partial charge is 0.140 e. The number of hydrogen-bond donors (Lipinski definition) is 3. The fraction of sp³-hybridized carbons (Fsp3) is 0.917. The SMILES string of the molecule is CC(CC(N)=NO)N(CCO)C1CCCCC1. The minimum Gasteiger partial charge on any atom is -0.409 e. The van der Waals surface area contributed by atoms with Gasteiger partial charge in [-0.2, -0.15) is 0 Å². The van der Waals surface area contributed by atoms with Crippen molar-refractivity contribution in [3.8, 4) is 0 Å². The summed E-state index contributed by atoms with van der Waals surface area (Å²) in [6.07, 6.45) is 6.79. The molecule has 1 unspecified atom stereocenters. The number of nitrogens with two attached hydrogens (primary N) is 1. The van der Waals surface area contributed by atoms with Crippen LogP contribution in [0.1, 0.15) is 45.4 Å². The Hall–Kier alpha value is -0.810. The molecule has 0 aliphatic heterocycles. The van der Waals surface area contributed by atoms with Crippen molar-refractivity contribution in [2.24, 2.45) is 10.9 Å². The van der Waals surface area contributed by atoms with Gasteiger partial charge in [-0.25, -0.2) is 0 Å². The van der Waals surface area contributed by atoms with E-state index in [9.17, 15) is 0 Å². The van der Waals surface area contributed by atoms with Crippen LogP contribution in [0.15, 0.2) is 5.16 Å². The van der Waals surface area contributed by atoms with E-state index in [1.165, 1.54) is 32.1 Å². The zero-order valence-corrected chi connectivity index (χ0v) is 10.7. The van der Waals surface area contributed by atoms with E-state index in [0.29, 0.717) is 19.0 Å². The lowest BCUT2D eigenvalue weighted by Crippen LogP contribution is -2.45. The average molecular weight is 243 g/mol. The lowest BCUT2D eigenvalue weighted by molar-refractivity contribution is 0.0896. The van der Waals surface area contributed by atoms with E-state index < -0.39 is 0 Å². The summed E-state index contributed by atoms with van der Waals surface area (Å²) in [6.45, 7) is 2.91. The molecule has 0 saturated heterocycles. The molecule has 1 atom stereocenters. The molecule has 1 aliphatic carbocycles. The number of oxime groups is 1. The van der Waals surface area contributed by atoms with Gasteiger partial charge in [-0.3, -0.25) is 4.90 Å². The molecule has 0 bridgehead atoms. The number of hydrogen-bond acceptors (Lipinski definition) is 4. The molecule has 0 spiro atoms. The van der Waals surface area contributed by atoms with Crippen molar-refractivity contribution in [2.75, 3.05) is 13.2 Å². The highest BCUT2D eigenvalue weighted by molar-refractivity contribution is 5.80. The molecule has 1 aliphatic rings. The van der Waals surface area contributed by atoms with Crippen molar-refractivity contribution in [3.05, 3.63) is 0 Å². The van der Waals surface area contributed by atoms with Crippen LogP contribution in [0, 0.1) is 0 Å². The molecule has 4 N–H and O–H groups in total. The molecule has 0 aromatic carbocycles. The van der Waals surface area contributed by atoms with Crippen LogP contribution in [-0.2, 0) is 0 Å². The van der Waals surface area contributed by atoms with Crippen LogP contribution < -0.4 is 5.73 Å². The van der Waals surface area contributed by atoms with Crippen LogP contribution in [0.25, 0.3) is 0 Å². The maximum atomic E-state index is 9.15. The van der Waals surface area contributed by atoms with Crippen molar-refractivity contribution in [3.63, 3.8) is 0 Å². The summed E-state index contributed by atoms with van der Waals surface area (Å²) in [6, 6.07) is 0.749. The predicted octanol–water partition coefficient (Wildman–Crippen LogP) is 1.14. The van der Waals surface area contributed by atoms with Gasteiger partial charge in [0.1, 0.15) is 5.84 Å². The first kappa shape index (κ1) is 14.3. The summed E-state index contributed by atoms with van der Waals surface area (Å²) in [5.41, 5.74) is 5.55. The Labute approximate surface area is 103 Å². The van der Waals surface area contributed by atoms with Gasteiger partial charge in [-0.05, 0) is 19.8 Å². The molecule has 0 amide bonds. The summed E-state index contributed by atoms with van der Waals surface area (Å²) < 4.78 is 0. The number of nitrogens with zero attached hydrogens (tertiary/aromatic N) is 2. The first-order valence-corrected chi connectivity index (χ1v) is 6.52. The molecule has 0 aromatic heterocycles. The molecule has 100 valence electrons. The Morgan fingerprint density at radius 1 is 1.41 bits per heavy atom. The number of rotatable bonds is 6. The maximum Gasteiger partial charge on any atom is 0.140 e. The lowest BCUT2D eigenvalue weighted by Gasteiger charge is -2.38. The van der Waals surface area contributed by atoms with Gasteiger partial charge in [0.15, 0.2) is 0 Å². The van der Waals surface area contributed by atoms with E-state index >= 15 is 0 Å². The molecule has 0 heterocycles. The van der Waals surface area contributed by atoms with Gasteiger partial charge in [-0.1, -0.05) is 24.4 Å². The van der Waals surface area contributed by atoms with E-state index in [1.54, 1.807) is 0 Å². The van der Waals surface area contributed by atoms with Gasteiger partial charge in [0.2, 0.25) is 0 Å². The molecule has 1 rings (SSSR count). The zero-order chi connectivity index (χ0) is 12.7. The number of aliphatic hydroxyl groups is 1. The Balaban J connectivity index is 2.56. The van der Waals surface area contributed by atoms with E-state index in [-0.39, 0.29) is 18.5 Å².